The summed E-state index contributed by atoms with van der Waals surface area (Å²) in [6.07, 6.45) is 0.762. The Labute approximate surface area is 138 Å². The molecule has 1 fully saturated rings. The Morgan fingerprint density at radius 2 is 1.92 bits per heavy atom. The van der Waals surface area contributed by atoms with Crippen molar-refractivity contribution in [2.75, 3.05) is 6.54 Å². The second-order valence-electron chi connectivity index (χ2n) is 6.05. The molecule has 7 heteroatoms. The van der Waals surface area contributed by atoms with Crippen molar-refractivity contribution in [2.24, 2.45) is 5.92 Å². The lowest BCUT2D eigenvalue weighted by atomic mass is 9.93. The maximum absolute atomic E-state index is 13.6. The van der Waals surface area contributed by atoms with Gasteiger partial charge in [0.1, 0.15) is 11.6 Å². The first kappa shape index (κ1) is 18.0. The van der Waals surface area contributed by atoms with Gasteiger partial charge in [-0.25, -0.2) is 8.78 Å². The molecule has 1 aliphatic rings. The van der Waals surface area contributed by atoms with Crippen LogP contribution < -0.4 is 0 Å². The molecule has 1 aliphatic heterocycles. The quantitative estimate of drug-likeness (QED) is 0.837. The minimum absolute atomic E-state index is 0.0919. The van der Waals surface area contributed by atoms with Crippen LogP contribution in [0.2, 0.25) is 0 Å². The van der Waals surface area contributed by atoms with Crippen molar-refractivity contribution >= 4 is 17.7 Å². The molecule has 1 amide bonds. The van der Waals surface area contributed by atoms with Crippen molar-refractivity contribution in [3.05, 3.63) is 35.4 Å². The van der Waals surface area contributed by atoms with Crippen LogP contribution in [0.1, 0.15) is 43.0 Å². The summed E-state index contributed by atoms with van der Waals surface area (Å²) in [5, 5.41) is 9.08. The van der Waals surface area contributed by atoms with Gasteiger partial charge >= 0.3 is 5.97 Å². The molecule has 0 spiro atoms. The normalized spacial score (nSPS) is 20.7. The maximum atomic E-state index is 13.6. The standard InChI is InChI=1S/C17H19F2NO4/c1-10-2-3-11(17(23)24)9-20(10)16(22)7-6-15(21)13-5-4-12(18)8-14(13)19/h4-5,8,10-11H,2-3,6-7,9H2,1H3,(H,23,24). The van der Waals surface area contributed by atoms with E-state index in [0.29, 0.717) is 18.9 Å². The van der Waals surface area contributed by atoms with Crippen LogP contribution >= 0.6 is 0 Å². The average Bonchev–Trinajstić information content (AvgIpc) is 2.52. The Balaban J connectivity index is 1.96. The zero-order valence-electron chi connectivity index (χ0n) is 13.3. The fraction of sp³-hybridized carbons (Fsp3) is 0.471. The third kappa shape index (κ3) is 4.15. The second-order valence-corrected chi connectivity index (χ2v) is 6.05. The predicted molar refractivity (Wildman–Crippen MR) is 81.5 cm³/mol. The number of halogens is 2. The van der Waals surface area contributed by atoms with Gasteiger partial charge in [0, 0.05) is 31.5 Å². The summed E-state index contributed by atoms with van der Waals surface area (Å²) in [5.41, 5.74) is -0.251. The Morgan fingerprint density at radius 1 is 1.21 bits per heavy atom. The van der Waals surface area contributed by atoms with Gasteiger partial charge in [0.15, 0.2) is 5.78 Å². The fourth-order valence-corrected chi connectivity index (χ4v) is 2.87. The summed E-state index contributed by atoms with van der Waals surface area (Å²) in [5.74, 6) is -4.18. The number of hydrogen-bond acceptors (Lipinski definition) is 3. The highest BCUT2D eigenvalue weighted by atomic mass is 19.1. The molecule has 1 heterocycles. The number of benzene rings is 1. The van der Waals surface area contributed by atoms with E-state index in [1.807, 2.05) is 6.92 Å². The van der Waals surface area contributed by atoms with E-state index >= 15 is 0 Å². The van der Waals surface area contributed by atoms with Gasteiger partial charge in [0.2, 0.25) is 5.91 Å². The van der Waals surface area contributed by atoms with E-state index in [2.05, 4.69) is 0 Å². The molecule has 0 aliphatic carbocycles. The van der Waals surface area contributed by atoms with Gasteiger partial charge in [-0.2, -0.15) is 0 Å². The Hall–Kier alpha value is -2.31. The highest BCUT2D eigenvalue weighted by Crippen LogP contribution is 2.23. The molecular weight excluding hydrogens is 320 g/mol. The molecule has 2 rings (SSSR count). The highest BCUT2D eigenvalue weighted by Gasteiger charge is 2.32. The average molecular weight is 339 g/mol. The molecule has 2 atom stereocenters. The third-order valence-corrected chi connectivity index (χ3v) is 4.35. The van der Waals surface area contributed by atoms with Crippen LogP contribution in [0.3, 0.4) is 0 Å². The first-order valence-electron chi connectivity index (χ1n) is 7.80. The van der Waals surface area contributed by atoms with Gasteiger partial charge < -0.3 is 10.0 Å². The fourth-order valence-electron chi connectivity index (χ4n) is 2.87. The zero-order chi connectivity index (χ0) is 17.9. The Kier molecular flexibility index (Phi) is 5.64. The second kappa shape index (κ2) is 7.51. The lowest BCUT2D eigenvalue weighted by molar-refractivity contribution is -0.147. The van der Waals surface area contributed by atoms with Gasteiger partial charge in [-0.3, -0.25) is 14.4 Å². The number of Topliss-reactive ketones (excluding diaryl/α,β-unsaturated/α-hetero) is 1. The van der Waals surface area contributed by atoms with Gasteiger partial charge in [0.05, 0.1) is 11.5 Å². The van der Waals surface area contributed by atoms with E-state index in [-0.39, 0.29) is 36.9 Å². The number of amides is 1. The molecule has 130 valence electrons. The molecule has 1 N–H and O–H groups in total. The van der Waals surface area contributed by atoms with Crippen LogP contribution in [0.15, 0.2) is 18.2 Å². The van der Waals surface area contributed by atoms with Crippen LogP contribution in [0.25, 0.3) is 0 Å². The lowest BCUT2D eigenvalue weighted by Crippen LogP contribution is -2.47. The number of carboxylic acid groups (broad SMARTS) is 1. The minimum Gasteiger partial charge on any atom is -0.481 e. The Bertz CT molecular complexity index is 662. The van der Waals surface area contributed by atoms with Gasteiger partial charge in [-0.1, -0.05) is 0 Å². The van der Waals surface area contributed by atoms with Crippen LogP contribution in [0.4, 0.5) is 8.78 Å². The maximum Gasteiger partial charge on any atom is 0.308 e. The van der Waals surface area contributed by atoms with E-state index in [9.17, 15) is 23.2 Å². The van der Waals surface area contributed by atoms with E-state index in [0.717, 1.165) is 12.1 Å². The molecule has 5 nitrogen and oxygen atoms in total. The topological polar surface area (TPSA) is 74.7 Å². The van der Waals surface area contributed by atoms with Crippen LogP contribution in [-0.4, -0.2) is 40.3 Å². The number of piperidine rings is 1. The largest absolute Gasteiger partial charge is 0.481 e. The van der Waals surface area contributed by atoms with E-state index in [4.69, 9.17) is 5.11 Å². The van der Waals surface area contributed by atoms with Crippen molar-refractivity contribution in [3.63, 3.8) is 0 Å². The number of nitrogens with zero attached hydrogens (tertiary/aromatic N) is 1. The van der Waals surface area contributed by atoms with E-state index in [1.165, 1.54) is 4.90 Å². The summed E-state index contributed by atoms with van der Waals surface area (Å²) >= 11 is 0. The number of rotatable bonds is 5. The van der Waals surface area contributed by atoms with Crippen LogP contribution in [0, 0.1) is 17.6 Å². The number of ketones is 1. The smallest absolute Gasteiger partial charge is 0.308 e. The molecule has 0 radical (unpaired) electrons. The highest BCUT2D eigenvalue weighted by molar-refractivity contribution is 5.98. The number of aliphatic carboxylic acids is 1. The van der Waals surface area contributed by atoms with Crippen molar-refractivity contribution in [1.29, 1.82) is 0 Å². The van der Waals surface area contributed by atoms with E-state index in [1.54, 1.807) is 0 Å². The van der Waals surface area contributed by atoms with Crippen molar-refractivity contribution in [1.82, 2.24) is 4.90 Å². The molecule has 24 heavy (non-hydrogen) atoms. The molecule has 0 bridgehead atoms. The van der Waals surface area contributed by atoms with Crippen molar-refractivity contribution in [2.45, 2.75) is 38.6 Å². The Morgan fingerprint density at radius 3 is 2.54 bits per heavy atom. The summed E-state index contributed by atoms with van der Waals surface area (Å²) in [7, 11) is 0. The summed E-state index contributed by atoms with van der Waals surface area (Å²) in [4.78, 5) is 36.8. The summed E-state index contributed by atoms with van der Waals surface area (Å²) in [6.45, 7) is 1.95. The third-order valence-electron chi connectivity index (χ3n) is 4.35. The molecular formula is C17H19F2NO4. The predicted octanol–water partition coefficient (Wildman–Crippen LogP) is 2.64. The first-order chi connectivity index (χ1) is 11.3. The molecule has 1 aromatic rings. The van der Waals surface area contributed by atoms with E-state index < -0.39 is 29.3 Å². The van der Waals surface area contributed by atoms with Gasteiger partial charge in [0.25, 0.3) is 0 Å². The molecule has 1 aromatic carbocycles. The first-order valence-corrected chi connectivity index (χ1v) is 7.80. The van der Waals surface area contributed by atoms with Gasteiger partial charge in [-0.05, 0) is 31.9 Å². The lowest BCUT2D eigenvalue weighted by Gasteiger charge is -2.36. The number of carboxylic acids is 1. The molecule has 2 unspecified atom stereocenters. The monoisotopic (exact) mass is 339 g/mol. The minimum atomic E-state index is -0.954. The van der Waals surface area contributed by atoms with Crippen molar-refractivity contribution in [3.8, 4) is 0 Å². The van der Waals surface area contributed by atoms with Crippen molar-refractivity contribution < 1.29 is 28.3 Å². The van der Waals surface area contributed by atoms with Gasteiger partial charge in [-0.15, -0.1) is 0 Å². The number of carbonyl (C=O) groups is 3. The number of carbonyl (C=O) groups excluding carboxylic acids is 2. The summed E-state index contributed by atoms with van der Waals surface area (Å²) in [6, 6.07) is 2.58. The molecule has 0 aromatic heterocycles. The van der Waals surface area contributed by atoms with Crippen LogP contribution in [-0.2, 0) is 9.59 Å². The zero-order valence-corrected chi connectivity index (χ0v) is 13.3. The van der Waals surface area contributed by atoms with Crippen LogP contribution in [0.5, 0.6) is 0 Å². The summed E-state index contributed by atoms with van der Waals surface area (Å²) < 4.78 is 26.4. The number of likely N-dealkylation sites (tertiary alicyclic amines) is 1. The molecule has 0 saturated carbocycles. The number of hydrogen-bond donors (Lipinski definition) is 1. The molecule has 1 saturated heterocycles. The SMILES string of the molecule is CC1CCC(C(=O)O)CN1C(=O)CCC(=O)c1ccc(F)cc1F.